The Hall–Kier alpha value is -2.88. The van der Waals surface area contributed by atoms with E-state index in [1.54, 1.807) is 6.20 Å². The highest BCUT2D eigenvalue weighted by molar-refractivity contribution is 6.24. The second kappa shape index (κ2) is 5.25. The quantitative estimate of drug-likeness (QED) is 0.722. The molecule has 3 aromatic rings. The number of pyridine rings is 1. The molecule has 2 heterocycles. The Morgan fingerprint density at radius 3 is 2.81 bits per heavy atom. The van der Waals surface area contributed by atoms with Crippen LogP contribution in [0.1, 0.15) is 16.7 Å². The Bertz CT molecular complexity index is 846. The minimum atomic E-state index is -0.442. The molecule has 1 aromatic carbocycles. The predicted molar refractivity (Wildman–Crippen MR) is 84.3 cm³/mol. The van der Waals surface area contributed by atoms with E-state index in [0.29, 0.717) is 5.57 Å². The first kappa shape index (κ1) is 13.1. The molecule has 0 aliphatic carbocycles. The Balaban J connectivity index is 2.18. The fraction of sp³-hybridized carbons (Fsp3) is 0.0588. The normalized spacial score (nSPS) is 11.8. The van der Waals surface area contributed by atoms with Crippen molar-refractivity contribution in [1.29, 1.82) is 0 Å². The van der Waals surface area contributed by atoms with Gasteiger partial charge in [0.1, 0.15) is 5.65 Å². The number of amides is 1. The van der Waals surface area contributed by atoms with E-state index in [9.17, 15) is 4.79 Å². The number of H-pyrrole nitrogens is 1. The number of primary amides is 1. The van der Waals surface area contributed by atoms with E-state index in [2.05, 4.69) is 9.97 Å². The van der Waals surface area contributed by atoms with Crippen LogP contribution in [0.2, 0.25) is 0 Å². The second-order valence-electron chi connectivity index (χ2n) is 4.88. The summed E-state index contributed by atoms with van der Waals surface area (Å²) in [5.41, 5.74) is 9.62. The van der Waals surface area contributed by atoms with E-state index < -0.39 is 5.91 Å². The van der Waals surface area contributed by atoms with E-state index in [4.69, 9.17) is 5.73 Å². The fourth-order valence-electron chi connectivity index (χ4n) is 2.41. The molecule has 104 valence electrons. The van der Waals surface area contributed by atoms with Gasteiger partial charge in [0.15, 0.2) is 0 Å². The number of aromatic nitrogens is 2. The van der Waals surface area contributed by atoms with Crippen molar-refractivity contribution in [3.63, 3.8) is 0 Å². The Morgan fingerprint density at radius 1 is 1.24 bits per heavy atom. The Kier molecular flexibility index (Phi) is 3.28. The lowest BCUT2D eigenvalue weighted by atomic mass is 9.98. The molecule has 0 spiro atoms. The maximum absolute atomic E-state index is 11.8. The van der Waals surface area contributed by atoms with E-state index >= 15 is 0 Å². The number of rotatable bonds is 3. The number of nitrogens with zero attached hydrogens (tertiary/aromatic N) is 1. The van der Waals surface area contributed by atoms with Gasteiger partial charge in [-0.05, 0) is 36.3 Å². The van der Waals surface area contributed by atoms with Crippen LogP contribution in [0.15, 0.2) is 48.8 Å². The lowest BCUT2D eigenvalue weighted by molar-refractivity contribution is -0.112. The van der Waals surface area contributed by atoms with E-state index in [1.165, 1.54) is 0 Å². The van der Waals surface area contributed by atoms with Crippen molar-refractivity contribution in [2.45, 2.75) is 6.92 Å². The van der Waals surface area contributed by atoms with Gasteiger partial charge in [-0.15, -0.1) is 0 Å². The summed E-state index contributed by atoms with van der Waals surface area (Å²) in [6, 6.07) is 11.5. The van der Waals surface area contributed by atoms with Gasteiger partial charge in [0.2, 0.25) is 5.91 Å². The first-order chi connectivity index (χ1) is 10.2. The summed E-state index contributed by atoms with van der Waals surface area (Å²) in [4.78, 5) is 19.2. The molecule has 3 N–H and O–H groups in total. The van der Waals surface area contributed by atoms with E-state index in [1.807, 2.05) is 55.6 Å². The molecular formula is C17H15N3O. The molecule has 0 unspecified atom stereocenters. The number of hydrogen-bond acceptors (Lipinski definition) is 2. The number of nitrogens with two attached hydrogens (primary N) is 1. The van der Waals surface area contributed by atoms with Crippen LogP contribution < -0.4 is 5.73 Å². The van der Waals surface area contributed by atoms with E-state index in [-0.39, 0.29) is 0 Å². The van der Waals surface area contributed by atoms with Crippen LogP contribution in [0.5, 0.6) is 0 Å². The lowest BCUT2D eigenvalue weighted by Gasteiger charge is -2.07. The van der Waals surface area contributed by atoms with Crippen molar-refractivity contribution in [1.82, 2.24) is 9.97 Å². The Labute approximate surface area is 122 Å². The highest BCUT2D eigenvalue weighted by Gasteiger charge is 2.12. The molecule has 21 heavy (non-hydrogen) atoms. The van der Waals surface area contributed by atoms with Crippen molar-refractivity contribution < 1.29 is 4.79 Å². The number of aryl methyl sites for hydroxylation is 1. The van der Waals surface area contributed by atoms with Gasteiger partial charge in [-0.3, -0.25) is 4.79 Å². The summed E-state index contributed by atoms with van der Waals surface area (Å²) < 4.78 is 0. The minimum absolute atomic E-state index is 0.442. The molecule has 4 heteroatoms. The molecular weight excluding hydrogens is 262 g/mol. The van der Waals surface area contributed by atoms with Crippen LogP contribution in [-0.4, -0.2) is 15.9 Å². The molecule has 0 bridgehead atoms. The van der Waals surface area contributed by atoms with Crippen LogP contribution >= 0.6 is 0 Å². The zero-order valence-electron chi connectivity index (χ0n) is 11.6. The van der Waals surface area contributed by atoms with Crippen LogP contribution in [-0.2, 0) is 4.79 Å². The summed E-state index contributed by atoms with van der Waals surface area (Å²) >= 11 is 0. The van der Waals surface area contributed by atoms with Gasteiger partial charge >= 0.3 is 0 Å². The maximum atomic E-state index is 11.8. The second-order valence-corrected chi connectivity index (χ2v) is 4.88. The van der Waals surface area contributed by atoms with Gasteiger partial charge in [0.05, 0.1) is 0 Å². The number of aromatic amines is 1. The SMILES string of the molecule is Cc1ccccc1/C(=C/c1c[nH]c2ncccc12)C(N)=O. The molecule has 2 aromatic heterocycles. The van der Waals surface area contributed by atoms with Crippen molar-refractivity contribution >= 4 is 28.6 Å². The zero-order valence-corrected chi connectivity index (χ0v) is 11.6. The van der Waals surface area contributed by atoms with Crippen molar-refractivity contribution in [2.75, 3.05) is 0 Å². The summed E-state index contributed by atoms with van der Waals surface area (Å²) in [5.74, 6) is -0.442. The third kappa shape index (κ3) is 2.43. The van der Waals surface area contributed by atoms with Crippen LogP contribution in [0.4, 0.5) is 0 Å². The number of fused-ring (bicyclic) bond motifs is 1. The summed E-state index contributed by atoms with van der Waals surface area (Å²) in [6.07, 6.45) is 5.37. The largest absolute Gasteiger partial charge is 0.366 e. The summed E-state index contributed by atoms with van der Waals surface area (Å²) in [7, 11) is 0. The molecule has 0 atom stereocenters. The molecule has 0 radical (unpaired) electrons. The fourth-order valence-corrected chi connectivity index (χ4v) is 2.41. The molecule has 3 rings (SSSR count). The number of hydrogen-bond donors (Lipinski definition) is 2. The van der Waals surface area contributed by atoms with Crippen LogP contribution in [0, 0.1) is 6.92 Å². The third-order valence-electron chi connectivity index (χ3n) is 3.48. The number of nitrogens with one attached hydrogen (secondary N) is 1. The average Bonchev–Trinajstić information content (AvgIpc) is 2.89. The predicted octanol–water partition coefficient (Wildman–Crippen LogP) is 2.90. The molecule has 0 aliphatic heterocycles. The molecule has 0 saturated heterocycles. The maximum Gasteiger partial charge on any atom is 0.249 e. The topological polar surface area (TPSA) is 71.8 Å². The standard InChI is InChI=1S/C17H15N3O/c1-11-5-2-3-6-13(11)15(16(18)21)9-12-10-20-17-14(12)7-4-8-19-17/h2-10H,1H3,(H2,18,21)(H,19,20)/b15-9-. The zero-order chi connectivity index (χ0) is 14.8. The molecule has 0 fully saturated rings. The van der Waals surface area contributed by atoms with Gasteiger partial charge in [-0.2, -0.15) is 0 Å². The molecule has 0 aliphatic rings. The minimum Gasteiger partial charge on any atom is -0.366 e. The highest BCUT2D eigenvalue weighted by Crippen LogP contribution is 2.24. The monoisotopic (exact) mass is 277 g/mol. The summed E-state index contributed by atoms with van der Waals surface area (Å²) in [6.45, 7) is 1.96. The number of carbonyl (C=O) groups excluding carboxylic acids is 1. The molecule has 0 saturated carbocycles. The average molecular weight is 277 g/mol. The first-order valence-corrected chi connectivity index (χ1v) is 6.66. The smallest absolute Gasteiger partial charge is 0.249 e. The molecule has 1 amide bonds. The van der Waals surface area contributed by atoms with Crippen LogP contribution in [0.3, 0.4) is 0 Å². The van der Waals surface area contributed by atoms with E-state index in [0.717, 1.165) is 27.7 Å². The lowest BCUT2D eigenvalue weighted by Crippen LogP contribution is -2.13. The van der Waals surface area contributed by atoms with Gasteiger partial charge in [0.25, 0.3) is 0 Å². The highest BCUT2D eigenvalue weighted by atomic mass is 16.1. The van der Waals surface area contributed by atoms with Crippen molar-refractivity contribution in [2.24, 2.45) is 5.73 Å². The van der Waals surface area contributed by atoms with Crippen LogP contribution in [0.25, 0.3) is 22.7 Å². The molecule has 4 nitrogen and oxygen atoms in total. The van der Waals surface area contributed by atoms with Gasteiger partial charge < -0.3 is 10.7 Å². The Morgan fingerprint density at radius 2 is 2.05 bits per heavy atom. The number of benzene rings is 1. The summed E-state index contributed by atoms with van der Waals surface area (Å²) in [5, 5.41) is 0.963. The van der Waals surface area contributed by atoms with Gasteiger partial charge in [0, 0.05) is 28.9 Å². The van der Waals surface area contributed by atoms with Gasteiger partial charge in [-0.25, -0.2) is 4.98 Å². The van der Waals surface area contributed by atoms with Gasteiger partial charge in [-0.1, -0.05) is 24.3 Å². The first-order valence-electron chi connectivity index (χ1n) is 6.66. The third-order valence-corrected chi connectivity index (χ3v) is 3.48. The van der Waals surface area contributed by atoms with Crippen molar-refractivity contribution in [3.05, 3.63) is 65.5 Å². The van der Waals surface area contributed by atoms with Crippen molar-refractivity contribution in [3.8, 4) is 0 Å². The number of carbonyl (C=O) groups is 1.